The highest BCUT2D eigenvalue weighted by atomic mass is 79.9. The average molecular weight is 500 g/mol. The van der Waals surface area contributed by atoms with Crippen LogP contribution in [0.5, 0.6) is 0 Å². The van der Waals surface area contributed by atoms with E-state index >= 15 is 0 Å². The van der Waals surface area contributed by atoms with Gasteiger partial charge in [-0.1, -0.05) is 35.3 Å². The standard InChI is InChI=1S/C20H14BrCl2FN2O3/c1-29-20(28)16(26-19(27)17-14(22)3-2-4-15(17)23)7-10-5-6-13(21)18-12(10)8-11(24)9-25-18/h2-6,8-9,16H,7H2,1H3,(H,26,27)/t16-/m0/s1. The largest absolute Gasteiger partial charge is 0.467 e. The molecule has 0 radical (unpaired) electrons. The monoisotopic (exact) mass is 498 g/mol. The van der Waals surface area contributed by atoms with Gasteiger partial charge in [0.05, 0.1) is 34.4 Å². The Balaban J connectivity index is 1.96. The van der Waals surface area contributed by atoms with Crippen LogP contribution < -0.4 is 5.32 Å². The van der Waals surface area contributed by atoms with Gasteiger partial charge in [0.1, 0.15) is 11.9 Å². The maximum atomic E-state index is 13.8. The molecule has 1 N–H and O–H groups in total. The van der Waals surface area contributed by atoms with Crippen molar-refractivity contribution in [3.8, 4) is 0 Å². The third-order valence-corrected chi connectivity index (χ3v) is 5.53. The lowest BCUT2D eigenvalue weighted by molar-refractivity contribution is -0.142. The number of hydrogen-bond donors (Lipinski definition) is 1. The molecule has 3 rings (SSSR count). The summed E-state index contributed by atoms with van der Waals surface area (Å²) in [7, 11) is 1.21. The molecule has 1 amide bonds. The average Bonchev–Trinajstić information content (AvgIpc) is 2.68. The number of halogens is 4. The summed E-state index contributed by atoms with van der Waals surface area (Å²) in [5.41, 5.74) is 1.20. The first-order valence-corrected chi connectivity index (χ1v) is 9.92. The number of methoxy groups -OCH3 is 1. The van der Waals surface area contributed by atoms with Gasteiger partial charge in [0.15, 0.2) is 0 Å². The van der Waals surface area contributed by atoms with Crippen molar-refractivity contribution in [1.29, 1.82) is 0 Å². The number of ether oxygens (including phenoxy) is 1. The van der Waals surface area contributed by atoms with Gasteiger partial charge in [-0.05, 0) is 45.8 Å². The van der Waals surface area contributed by atoms with Crippen molar-refractivity contribution < 1.29 is 18.7 Å². The van der Waals surface area contributed by atoms with Crippen LogP contribution in [-0.2, 0) is 16.0 Å². The van der Waals surface area contributed by atoms with Crippen molar-refractivity contribution in [1.82, 2.24) is 10.3 Å². The number of fused-ring (bicyclic) bond motifs is 1. The van der Waals surface area contributed by atoms with E-state index in [1.165, 1.54) is 25.3 Å². The van der Waals surface area contributed by atoms with Crippen molar-refractivity contribution in [2.75, 3.05) is 7.11 Å². The van der Waals surface area contributed by atoms with Gasteiger partial charge < -0.3 is 10.1 Å². The molecule has 0 aliphatic heterocycles. The molecule has 1 heterocycles. The predicted molar refractivity (Wildman–Crippen MR) is 113 cm³/mol. The molecule has 3 aromatic rings. The van der Waals surface area contributed by atoms with E-state index < -0.39 is 23.7 Å². The Labute approximate surface area is 184 Å². The van der Waals surface area contributed by atoms with Crippen LogP contribution in [0.15, 0.2) is 47.1 Å². The molecule has 5 nitrogen and oxygen atoms in total. The molecule has 1 aromatic heterocycles. The summed E-state index contributed by atoms with van der Waals surface area (Å²) in [5.74, 6) is -1.80. The highest BCUT2D eigenvalue weighted by Crippen LogP contribution is 2.28. The maximum Gasteiger partial charge on any atom is 0.328 e. The fourth-order valence-corrected chi connectivity index (χ4v) is 3.91. The van der Waals surface area contributed by atoms with Crippen LogP contribution in [0.1, 0.15) is 15.9 Å². The zero-order valence-electron chi connectivity index (χ0n) is 15.0. The Kier molecular flexibility index (Phi) is 6.72. The summed E-state index contributed by atoms with van der Waals surface area (Å²) in [6.07, 6.45) is 1.16. The summed E-state index contributed by atoms with van der Waals surface area (Å²) < 4.78 is 19.3. The van der Waals surface area contributed by atoms with Crippen LogP contribution >= 0.6 is 39.1 Å². The second-order valence-corrected chi connectivity index (χ2v) is 7.77. The van der Waals surface area contributed by atoms with Gasteiger partial charge in [-0.3, -0.25) is 9.78 Å². The number of carbonyl (C=O) groups is 2. The molecule has 0 aliphatic carbocycles. The number of aromatic nitrogens is 1. The molecule has 9 heteroatoms. The van der Waals surface area contributed by atoms with Gasteiger partial charge in [0.2, 0.25) is 0 Å². The molecular formula is C20H14BrCl2FN2O3. The highest BCUT2D eigenvalue weighted by Gasteiger charge is 2.26. The molecule has 1 atom stereocenters. The van der Waals surface area contributed by atoms with Crippen LogP contribution in [-0.4, -0.2) is 30.0 Å². The Morgan fingerprint density at radius 2 is 1.93 bits per heavy atom. The number of amides is 1. The molecule has 0 saturated heterocycles. The summed E-state index contributed by atoms with van der Waals surface area (Å²) in [6, 6.07) is 8.38. The minimum atomic E-state index is -1.05. The Hall–Kier alpha value is -2.22. The van der Waals surface area contributed by atoms with Crippen molar-refractivity contribution >= 4 is 61.9 Å². The predicted octanol–water partition coefficient (Wildman–Crippen LogP) is 4.96. The topological polar surface area (TPSA) is 68.3 Å². The van der Waals surface area contributed by atoms with Gasteiger partial charge in [-0.2, -0.15) is 0 Å². The maximum absolute atomic E-state index is 13.8. The van der Waals surface area contributed by atoms with Crippen molar-refractivity contribution in [2.45, 2.75) is 12.5 Å². The summed E-state index contributed by atoms with van der Waals surface area (Å²) in [4.78, 5) is 29.1. The zero-order valence-corrected chi connectivity index (χ0v) is 18.1. The van der Waals surface area contributed by atoms with Crippen LogP contribution in [0.2, 0.25) is 10.0 Å². The first-order chi connectivity index (χ1) is 13.8. The summed E-state index contributed by atoms with van der Waals surface area (Å²) in [6.45, 7) is 0. The van der Waals surface area contributed by atoms with Crippen LogP contribution in [0, 0.1) is 5.82 Å². The van der Waals surface area contributed by atoms with E-state index in [2.05, 4.69) is 26.2 Å². The zero-order chi connectivity index (χ0) is 21.1. The van der Waals surface area contributed by atoms with Crippen LogP contribution in [0.3, 0.4) is 0 Å². The fourth-order valence-electron chi connectivity index (χ4n) is 2.90. The molecule has 0 unspecified atom stereocenters. The second-order valence-electron chi connectivity index (χ2n) is 6.11. The number of rotatable bonds is 5. The Bertz CT molecular complexity index is 1090. The second kappa shape index (κ2) is 9.07. The molecule has 29 heavy (non-hydrogen) atoms. The number of nitrogens with one attached hydrogen (secondary N) is 1. The fraction of sp³-hybridized carbons (Fsp3) is 0.150. The normalized spacial score (nSPS) is 11.9. The van der Waals surface area contributed by atoms with E-state index in [4.69, 9.17) is 27.9 Å². The van der Waals surface area contributed by atoms with Crippen LogP contribution in [0.4, 0.5) is 4.39 Å². The summed E-state index contributed by atoms with van der Waals surface area (Å²) >= 11 is 15.5. The third kappa shape index (κ3) is 4.69. The van der Waals surface area contributed by atoms with E-state index in [0.717, 1.165) is 6.20 Å². The molecular weight excluding hydrogens is 486 g/mol. The van der Waals surface area contributed by atoms with Crippen LogP contribution in [0.25, 0.3) is 10.9 Å². The lowest BCUT2D eigenvalue weighted by Crippen LogP contribution is -2.43. The third-order valence-electron chi connectivity index (χ3n) is 4.26. The van der Waals surface area contributed by atoms with Gasteiger partial charge in [0, 0.05) is 16.3 Å². The minimum Gasteiger partial charge on any atom is -0.467 e. The quantitative estimate of drug-likeness (QED) is 0.504. The van der Waals surface area contributed by atoms with Crippen molar-refractivity contribution in [3.63, 3.8) is 0 Å². The van der Waals surface area contributed by atoms with E-state index in [1.807, 2.05) is 0 Å². The highest BCUT2D eigenvalue weighted by molar-refractivity contribution is 9.10. The number of carbonyl (C=O) groups excluding carboxylic acids is 2. The molecule has 0 aliphatic rings. The Morgan fingerprint density at radius 1 is 1.24 bits per heavy atom. The molecule has 0 bridgehead atoms. The Morgan fingerprint density at radius 3 is 2.59 bits per heavy atom. The SMILES string of the molecule is COC(=O)[C@H](Cc1ccc(Br)c2ncc(F)cc12)NC(=O)c1c(Cl)cccc1Cl. The molecule has 0 saturated carbocycles. The van der Waals surface area contributed by atoms with Crippen molar-refractivity contribution in [2.24, 2.45) is 0 Å². The van der Waals surface area contributed by atoms with Gasteiger partial charge >= 0.3 is 5.97 Å². The number of benzene rings is 2. The smallest absolute Gasteiger partial charge is 0.328 e. The molecule has 150 valence electrons. The molecule has 2 aromatic carbocycles. The summed E-state index contributed by atoms with van der Waals surface area (Å²) in [5, 5.41) is 3.42. The molecule has 0 fully saturated rings. The number of nitrogens with zero attached hydrogens (tertiary/aromatic N) is 1. The number of hydrogen-bond acceptors (Lipinski definition) is 4. The van der Waals surface area contributed by atoms with Gasteiger partial charge in [-0.15, -0.1) is 0 Å². The van der Waals surface area contributed by atoms with E-state index in [0.29, 0.717) is 20.9 Å². The van der Waals surface area contributed by atoms with E-state index in [-0.39, 0.29) is 22.0 Å². The van der Waals surface area contributed by atoms with E-state index in [1.54, 1.807) is 18.2 Å². The number of pyridine rings is 1. The lowest BCUT2D eigenvalue weighted by atomic mass is 10.0. The number of esters is 1. The van der Waals surface area contributed by atoms with Gasteiger partial charge in [-0.25, -0.2) is 9.18 Å². The van der Waals surface area contributed by atoms with Crippen molar-refractivity contribution in [3.05, 3.63) is 74.1 Å². The van der Waals surface area contributed by atoms with E-state index in [9.17, 15) is 14.0 Å². The molecule has 0 spiro atoms. The first kappa shape index (κ1) is 21.5. The first-order valence-electron chi connectivity index (χ1n) is 8.37. The lowest BCUT2D eigenvalue weighted by Gasteiger charge is -2.18. The minimum absolute atomic E-state index is 0.0510. The van der Waals surface area contributed by atoms with Gasteiger partial charge in [0.25, 0.3) is 5.91 Å².